The average Bonchev–Trinajstić information content (AvgIpc) is 2.82. The Bertz CT molecular complexity index is 1180. The molecule has 37 heavy (non-hydrogen) atoms. The van der Waals surface area contributed by atoms with Crippen molar-refractivity contribution < 1.29 is 27.3 Å². The van der Waals surface area contributed by atoms with Gasteiger partial charge in [-0.05, 0) is 29.8 Å². The minimum Gasteiger partial charge on any atom is -0.468 e. The standard InChI is InChI=1S/C25H37N3O7SSi/c1-24(2,3)37(5,6)35-17-16-26-19-25(23(29)34-4,18-20-12-8-7-9-13-20)27-36(32,33)22-15-11-10-14-21(22)28(30)31/h7-15,26-27H,16-19H2,1-6H3/t25-/m0/s1. The number of rotatable bonds is 13. The Balaban J connectivity index is 2.39. The Labute approximate surface area is 220 Å². The maximum Gasteiger partial charge on any atom is 0.328 e. The van der Waals surface area contributed by atoms with Crippen LogP contribution in [-0.2, 0) is 30.4 Å². The van der Waals surface area contributed by atoms with Gasteiger partial charge < -0.3 is 14.5 Å². The maximum absolute atomic E-state index is 13.4. The van der Waals surface area contributed by atoms with Crippen LogP contribution in [0.5, 0.6) is 0 Å². The summed E-state index contributed by atoms with van der Waals surface area (Å²) in [6.07, 6.45) is -0.0452. The summed E-state index contributed by atoms with van der Waals surface area (Å²) in [5, 5.41) is 14.7. The van der Waals surface area contributed by atoms with Crippen LogP contribution in [0.4, 0.5) is 5.69 Å². The van der Waals surface area contributed by atoms with Crippen molar-refractivity contribution in [3.63, 3.8) is 0 Å². The number of sulfonamides is 1. The van der Waals surface area contributed by atoms with Crippen LogP contribution in [0.25, 0.3) is 0 Å². The van der Waals surface area contributed by atoms with Crippen molar-refractivity contribution in [1.82, 2.24) is 10.0 Å². The van der Waals surface area contributed by atoms with Crippen molar-refractivity contribution >= 4 is 30.0 Å². The molecule has 2 rings (SSSR count). The number of carbonyl (C=O) groups is 1. The molecule has 2 aromatic rings. The number of ether oxygens (including phenoxy) is 1. The lowest BCUT2D eigenvalue weighted by Crippen LogP contribution is -2.62. The monoisotopic (exact) mass is 551 g/mol. The smallest absolute Gasteiger partial charge is 0.328 e. The summed E-state index contributed by atoms with van der Waals surface area (Å²) in [5.41, 5.74) is -1.70. The van der Waals surface area contributed by atoms with E-state index in [0.29, 0.717) is 18.7 Å². The van der Waals surface area contributed by atoms with Gasteiger partial charge >= 0.3 is 5.97 Å². The first-order valence-electron chi connectivity index (χ1n) is 11.9. The van der Waals surface area contributed by atoms with Crippen molar-refractivity contribution in [3.8, 4) is 0 Å². The van der Waals surface area contributed by atoms with Gasteiger partial charge in [-0.3, -0.25) is 10.1 Å². The second kappa shape index (κ2) is 12.3. The van der Waals surface area contributed by atoms with Gasteiger partial charge in [0.15, 0.2) is 13.2 Å². The van der Waals surface area contributed by atoms with E-state index in [1.165, 1.54) is 19.2 Å². The number of nitro groups is 1. The number of nitro benzene ring substituents is 1. The molecular formula is C25H37N3O7SSi. The van der Waals surface area contributed by atoms with Crippen LogP contribution in [0.1, 0.15) is 26.3 Å². The fourth-order valence-electron chi connectivity index (χ4n) is 3.50. The molecular weight excluding hydrogens is 514 g/mol. The van der Waals surface area contributed by atoms with Crippen molar-refractivity contribution in [1.29, 1.82) is 0 Å². The second-order valence-corrected chi connectivity index (χ2v) is 16.8. The Morgan fingerprint density at radius 1 is 1.05 bits per heavy atom. The van der Waals surface area contributed by atoms with Gasteiger partial charge in [0.1, 0.15) is 5.54 Å². The second-order valence-electron chi connectivity index (χ2n) is 10.4. The first-order valence-corrected chi connectivity index (χ1v) is 16.3. The molecule has 0 amide bonds. The van der Waals surface area contributed by atoms with Gasteiger partial charge in [-0.1, -0.05) is 63.2 Å². The van der Waals surface area contributed by atoms with Gasteiger partial charge in [0.2, 0.25) is 10.0 Å². The zero-order chi connectivity index (χ0) is 27.9. The molecule has 0 saturated carbocycles. The number of hydrogen-bond acceptors (Lipinski definition) is 8. The molecule has 0 unspecified atom stereocenters. The van der Waals surface area contributed by atoms with Crippen molar-refractivity contribution in [3.05, 3.63) is 70.3 Å². The highest BCUT2D eigenvalue weighted by Gasteiger charge is 2.45. The summed E-state index contributed by atoms with van der Waals surface area (Å²) in [6, 6.07) is 13.9. The van der Waals surface area contributed by atoms with Gasteiger partial charge in [-0.2, -0.15) is 4.72 Å². The molecule has 0 aliphatic carbocycles. The quantitative estimate of drug-likeness (QED) is 0.127. The third kappa shape index (κ3) is 7.92. The first kappa shape index (κ1) is 30.6. The molecule has 0 aliphatic heterocycles. The van der Waals surface area contributed by atoms with Crippen LogP contribution in [0.3, 0.4) is 0 Å². The highest BCUT2D eigenvalue weighted by molar-refractivity contribution is 7.89. The van der Waals surface area contributed by atoms with E-state index in [-0.39, 0.29) is 18.0 Å². The molecule has 10 nitrogen and oxygen atoms in total. The minimum atomic E-state index is -4.51. The Morgan fingerprint density at radius 2 is 1.65 bits per heavy atom. The van der Waals surface area contributed by atoms with Gasteiger partial charge in [0.25, 0.3) is 5.69 Å². The molecule has 0 radical (unpaired) electrons. The van der Waals surface area contributed by atoms with E-state index in [1.807, 2.05) is 0 Å². The summed E-state index contributed by atoms with van der Waals surface area (Å²) in [6.45, 7) is 11.2. The van der Waals surface area contributed by atoms with Crippen LogP contribution in [-0.4, -0.2) is 60.0 Å². The lowest BCUT2D eigenvalue weighted by molar-refractivity contribution is -0.387. The van der Waals surface area contributed by atoms with Crippen LogP contribution in [0, 0.1) is 10.1 Å². The fraction of sp³-hybridized carbons (Fsp3) is 0.480. The Hall–Kier alpha value is -2.64. The predicted octanol–water partition coefficient (Wildman–Crippen LogP) is 3.64. The third-order valence-electron chi connectivity index (χ3n) is 6.58. The summed E-state index contributed by atoms with van der Waals surface area (Å²) in [4.78, 5) is 23.4. The zero-order valence-electron chi connectivity index (χ0n) is 22.2. The number of nitrogens with one attached hydrogen (secondary N) is 2. The molecule has 0 spiro atoms. The molecule has 0 aliphatic rings. The lowest BCUT2D eigenvalue weighted by Gasteiger charge is -2.36. The van der Waals surface area contributed by atoms with Gasteiger partial charge in [0, 0.05) is 32.2 Å². The molecule has 2 aromatic carbocycles. The van der Waals surface area contributed by atoms with E-state index in [9.17, 15) is 23.3 Å². The topological polar surface area (TPSA) is 137 Å². The van der Waals surface area contributed by atoms with E-state index >= 15 is 0 Å². The molecule has 0 fully saturated rings. The Morgan fingerprint density at radius 3 is 2.22 bits per heavy atom. The van der Waals surface area contributed by atoms with Crippen LogP contribution < -0.4 is 10.0 Å². The van der Waals surface area contributed by atoms with Crippen molar-refractivity contribution in [2.24, 2.45) is 0 Å². The van der Waals surface area contributed by atoms with E-state index in [1.54, 1.807) is 30.3 Å². The fourth-order valence-corrected chi connectivity index (χ4v) is 6.08. The third-order valence-corrected chi connectivity index (χ3v) is 12.7. The largest absolute Gasteiger partial charge is 0.468 e. The minimum absolute atomic E-state index is 0.0239. The van der Waals surface area contributed by atoms with Crippen molar-refractivity contribution in [2.45, 2.75) is 55.8 Å². The van der Waals surface area contributed by atoms with E-state index < -0.39 is 45.4 Å². The number of hydrogen-bond donors (Lipinski definition) is 2. The van der Waals surface area contributed by atoms with Crippen LogP contribution in [0.15, 0.2) is 59.5 Å². The molecule has 204 valence electrons. The number of methoxy groups -OCH3 is 1. The molecule has 0 bridgehead atoms. The molecule has 1 atom stereocenters. The van der Waals surface area contributed by atoms with Gasteiger partial charge in [-0.25, -0.2) is 13.2 Å². The average molecular weight is 552 g/mol. The number of carbonyl (C=O) groups excluding carboxylic acids is 1. The summed E-state index contributed by atoms with van der Waals surface area (Å²) in [5.74, 6) is -0.823. The van der Waals surface area contributed by atoms with E-state index in [0.717, 1.165) is 12.1 Å². The normalized spacial score (nSPS) is 14.1. The predicted molar refractivity (Wildman–Crippen MR) is 144 cm³/mol. The highest BCUT2D eigenvalue weighted by atomic mass is 32.2. The van der Waals surface area contributed by atoms with E-state index in [2.05, 4.69) is 43.9 Å². The lowest BCUT2D eigenvalue weighted by atomic mass is 9.91. The van der Waals surface area contributed by atoms with E-state index in [4.69, 9.17) is 9.16 Å². The number of benzene rings is 2. The first-order chi connectivity index (χ1) is 17.2. The number of nitrogens with zero attached hydrogens (tertiary/aromatic N) is 1. The van der Waals surface area contributed by atoms with Gasteiger partial charge in [-0.15, -0.1) is 0 Å². The molecule has 12 heteroatoms. The number of esters is 1. The molecule has 0 heterocycles. The summed E-state index contributed by atoms with van der Waals surface area (Å²) < 4.78 is 40.5. The molecule has 0 aromatic heterocycles. The van der Waals surface area contributed by atoms with Gasteiger partial charge in [0.05, 0.1) is 12.0 Å². The highest BCUT2D eigenvalue weighted by Crippen LogP contribution is 2.36. The SMILES string of the molecule is COC(=O)[C@@](CNCCO[Si](C)(C)C(C)(C)C)(Cc1ccccc1)NS(=O)(=O)c1ccccc1[N+](=O)[O-]. The zero-order valence-corrected chi connectivity index (χ0v) is 24.1. The molecule has 2 N–H and O–H groups in total. The molecule has 0 saturated heterocycles. The Kier molecular flexibility index (Phi) is 10.1. The van der Waals surface area contributed by atoms with Crippen LogP contribution in [0.2, 0.25) is 18.1 Å². The number of para-hydroxylation sites is 1. The van der Waals surface area contributed by atoms with Crippen LogP contribution >= 0.6 is 0 Å². The summed E-state index contributed by atoms with van der Waals surface area (Å²) in [7, 11) is -5.34. The summed E-state index contributed by atoms with van der Waals surface area (Å²) >= 11 is 0. The maximum atomic E-state index is 13.4. The van der Waals surface area contributed by atoms with Crippen molar-refractivity contribution in [2.75, 3.05) is 26.8 Å².